The Bertz CT molecular complexity index is 697. The predicted octanol–water partition coefficient (Wildman–Crippen LogP) is 3.29. The first-order valence-corrected chi connectivity index (χ1v) is 7.36. The summed E-state index contributed by atoms with van der Waals surface area (Å²) < 4.78 is 6.85. The first-order valence-electron chi connectivity index (χ1n) is 6.48. The number of rotatable bonds is 5. The van der Waals surface area contributed by atoms with Gasteiger partial charge in [-0.2, -0.15) is 0 Å². The average molecular weight is 285 g/mol. The van der Waals surface area contributed by atoms with Gasteiger partial charge < -0.3 is 10.5 Å². The lowest BCUT2D eigenvalue weighted by Gasteiger charge is -2.09. The average Bonchev–Trinajstić information content (AvgIpc) is 2.96. The fourth-order valence-corrected chi connectivity index (χ4v) is 2.76. The summed E-state index contributed by atoms with van der Waals surface area (Å²) in [7, 11) is 0. The van der Waals surface area contributed by atoms with Gasteiger partial charge >= 0.3 is 0 Å². The van der Waals surface area contributed by atoms with Crippen LogP contribution in [-0.4, -0.2) is 16.6 Å². The van der Waals surface area contributed by atoms with Gasteiger partial charge in [0.1, 0.15) is 17.0 Å². The molecule has 2 heterocycles. The van der Waals surface area contributed by atoms with E-state index in [-0.39, 0.29) is 0 Å². The monoisotopic (exact) mass is 285 g/mol. The standard InChI is InChI=1S/C15H15N3OS/c16-14-12(3-4-13-15(14)18-10-20-13)19-9-1-2-11-5-7-17-8-6-11/h3-8,10H,1-2,9,16H2. The molecule has 5 heteroatoms. The van der Waals surface area contributed by atoms with Crippen molar-refractivity contribution in [3.8, 4) is 5.75 Å². The molecule has 3 aromatic rings. The highest BCUT2D eigenvalue weighted by Gasteiger charge is 2.07. The summed E-state index contributed by atoms with van der Waals surface area (Å²) in [6, 6.07) is 7.97. The highest BCUT2D eigenvalue weighted by atomic mass is 32.1. The summed E-state index contributed by atoms with van der Waals surface area (Å²) in [6.07, 6.45) is 5.54. The van der Waals surface area contributed by atoms with Crippen molar-refractivity contribution in [2.24, 2.45) is 0 Å². The van der Waals surface area contributed by atoms with Crippen molar-refractivity contribution < 1.29 is 4.74 Å². The van der Waals surface area contributed by atoms with Crippen LogP contribution in [0.15, 0.2) is 42.2 Å². The lowest BCUT2D eigenvalue weighted by molar-refractivity contribution is 0.313. The van der Waals surface area contributed by atoms with Gasteiger partial charge in [-0.15, -0.1) is 11.3 Å². The molecule has 0 atom stereocenters. The van der Waals surface area contributed by atoms with E-state index in [1.165, 1.54) is 5.56 Å². The molecule has 0 unspecified atom stereocenters. The third-order valence-electron chi connectivity index (χ3n) is 3.12. The van der Waals surface area contributed by atoms with Crippen molar-refractivity contribution in [2.75, 3.05) is 12.3 Å². The first kappa shape index (κ1) is 12.9. The number of thiazole rings is 1. The summed E-state index contributed by atoms with van der Waals surface area (Å²) in [5.41, 5.74) is 10.6. The Morgan fingerprint density at radius 1 is 1.15 bits per heavy atom. The van der Waals surface area contributed by atoms with E-state index in [0.29, 0.717) is 12.3 Å². The van der Waals surface area contributed by atoms with Gasteiger partial charge in [-0.1, -0.05) is 0 Å². The van der Waals surface area contributed by atoms with Crippen molar-refractivity contribution in [3.05, 3.63) is 47.7 Å². The van der Waals surface area contributed by atoms with E-state index in [0.717, 1.165) is 28.8 Å². The number of hydrogen-bond acceptors (Lipinski definition) is 5. The van der Waals surface area contributed by atoms with Gasteiger partial charge in [0.25, 0.3) is 0 Å². The van der Waals surface area contributed by atoms with Crippen molar-refractivity contribution in [3.63, 3.8) is 0 Å². The van der Waals surface area contributed by atoms with E-state index in [1.54, 1.807) is 16.8 Å². The number of nitrogen functional groups attached to an aromatic ring is 1. The van der Waals surface area contributed by atoms with Crippen LogP contribution in [0.25, 0.3) is 10.2 Å². The molecule has 102 valence electrons. The molecule has 0 aliphatic heterocycles. The summed E-state index contributed by atoms with van der Waals surface area (Å²) in [5, 5.41) is 0. The number of aryl methyl sites for hydroxylation is 1. The highest BCUT2D eigenvalue weighted by Crippen LogP contribution is 2.31. The van der Waals surface area contributed by atoms with E-state index >= 15 is 0 Å². The van der Waals surface area contributed by atoms with Gasteiger partial charge in [0, 0.05) is 12.4 Å². The van der Waals surface area contributed by atoms with Crippen molar-refractivity contribution in [1.82, 2.24) is 9.97 Å². The number of fused-ring (bicyclic) bond motifs is 1. The Morgan fingerprint density at radius 3 is 2.85 bits per heavy atom. The van der Waals surface area contributed by atoms with E-state index in [2.05, 4.69) is 9.97 Å². The van der Waals surface area contributed by atoms with Gasteiger partial charge in [0.05, 0.1) is 16.8 Å². The third kappa shape index (κ3) is 2.72. The molecule has 0 saturated heterocycles. The lowest BCUT2D eigenvalue weighted by atomic mass is 10.1. The molecule has 0 bridgehead atoms. The summed E-state index contributed by atoms with van der Waals surface area (Å²) in [4.78, 5) is 8.26. The number of nitrogens with two attached hydrogens (primary N) is 1. The minimum Gasteiger partial charge on any atom is -0.491 e. The van der Waals surface area contributed by atoms with Crippen LogP contribution in [0.5, 0.6) is 5.75 Å². The van der Waals surface area contributed by atoms with E-state index in [4.69, 9.17) is 10.5 Å². The molecule has 4 nitrogen and oxygen atoms in total. The molecule has 0 aliphatic carbocycles. The van der Waals surface area contributed by atoms with Gasteiger partial charge in [0.2, 0.25) is 0 Å². The van der Waals surface area contributed by atoms with Crippen LogP contribution in [0.2, 0.25) is 0 Å². The quantitative estimate of drug-likeness (QED) is 0.577. The maximum absolute atomic E-state index is 6.07. The predicted molar refractivity (Wildman–Crippen MR) is 82.1 cm³/mol. The van der Waals surface area contributed by atoms with Crippen molar-refractivity contribution >= 4 is 27.2 Å². The fraction of sp³-hybridized carbons (Fsp3) is 0.200. The van der Waals surface area contributed by atoms with Gasteiger partial charge in [-0.3, -0.25) is 4.98 Å². The SMILES string of the molecule is Nc1c(OCCCc2ccncc2)ccc2scnc12. The van der Waals surface area contributed by atoms with Crippen LogP contribution in [-0.2, 0) is 6.42 Å². The number of benzene rings is 1. The molecule has 0 radical (unpaired) electrons. The molecular formula is C15H15N3OS. The molecule has 0 aliphatic rings. The minimum absolute atomic E-state index is 0.632. The topological polar surface area (TPSA) is 61.0 Å². The van der Waals surface area contributed by atoms with Crippen LogP contribution in [0, 0.1) is 0 Å². The molecule has 0 saturated carbocycles. The van der Waals surface area contributed by atoms with Crippen LogP contribution in [0.3, 0.4) is 0 Å². The molecule has 0 amide bonds. The number of anilines is 1. The third-order valence-corrected chi connectivity index (χ3v) is 3.91. The number of hydrogen-bond donors (Lipinski definition) is 1. The Hall–Kier alpha value is -2.14. The number of nitrogens with zero attached hydrogens (tertiary/aromatic N) is 2. The number of ether oxygens (including phenoxy) is 1. The number of pyridine rings is 1. The van der Waals surface area contributed by atoms with Gasteiger partial charge in [-0.25, -0.2) is 4.98 Å². The van der Waals surface area contributed by atoms with Gasteiger partial charge in [0.15, 0.2) is 0 Å². The second kappa shape index (κ2) is 5.88. The smallest absolute Gasteiger partial charge is 0.144 e. The van der Waals surface area contributed by atoms with E-state index in [1.807, 2.05) is 36.7 Å². The Kier molecular flexibility index (Phi) is 3.78. The Balaban J connectivity index is 1.58. The van der Waals surface area contributed by atoms with Crippen LogP contribution < -0.4 is 10.5 Å². The van der Waals surface area contributed by atoms with Crippen LogP contribution >= 0.6 is 11.3 Å². The molecule has 20 heavy (non-hydrogen) atoms. The molecule has 2 aromatic heterocycles. The zero-order valence-corrected chi connectivity index (χ0v) is 11.8. The zero-order chi connectivity index (χ0) is 13.8. The second-order valence-electron chi connectivity index (χ2n) is 4.48. The van der Waals surface area contributed by atoms with E-state index < -0.39 is 0 Å². The fourth-order valence-electron chi connectivity index (χ4n) is 2.07. The van der Waals surface area contributed by atoms with E-state index in [9.17, 15) is 0 Å². The molecule has 0 spiro atoms. The molecule has 2 N–H and O–H groups in total. The molecule has 1 aromatic carbocycles. The van der Waals surface area contributed by atoms with Gasteiger partial charge in [-0.05, 0) is 42.7 Å². The normalized spacial score (nSPS) is 10.8. The number of aromatic nitrogens is 2. The lowest BCUT2D eigenvalue weighted by Crippen LogP contribution is -2.02. The largest absolute Gasteiger partial charge is 0.491 e. The molecule has 0 fully saturated rings. The summed E-state index contributed by atoms with van der Waals surface area (Å²) >= 11 is 1.58. The Morgan fingerprint density at radius 2 is 2.00 bits per heavy atom. The first-order chi connectivity index (χ1) is 9.84. The zero-order valence-electron chi connectivity index (χ0n) is 11.0. The van der Waals surface area contributed by atoms with Crippen molar-refractivity contribution in [1.29, 1.82) is 0 Å². The maximum atomic E-state index is 6.07. The van der Waals surface area contributed by atoms with Crippen molar-refractivity contribution in [2.45, 2.75) is 12.8 Å². The molecular weight excluding hydrogens is 270 g/mol. The Labute approximate surface area is 121 Å². The highest BCUT2D eigenvalue weighted by molar-refractivity contribution is 7.16. The summed E-state index contributed by atoms with van der Waals surface area (Å²) in [5.74, 6) is 0.720. The van der Waals surface area contributed by atoms with Crippen LogP contribution in [0.4, 0.5) is 5.69 Å². The minimum atomic E-state index is 0.632. The second-order valence-corrected chi connectivity index (χ2v) is 5.37. The maximum Gasteiger partial charge on any atom is 0.144 e. The summed E-state index contributed by atoms with van der Waals surface area (Å²) in [6.45, 7) is 0.641. The van der Waals surface area contributed by atoms with Crippen LogP contribution in [0.1, 0.15) is 12.0 Å². The molecule has 3 rings (SSSR count).